The van der Waals surface area contributed by atoms with Gasteiger partial charge in [-0.25, -0.2) is 0 Å². The van der Waals surface area contributed by atoms with Crippen LogP contribution in [0.4, 0.5) is 5.69 Å². The molecule has 29 heavy (non-hydrogen) atoms. The minimum absolute atomic E-state index is 0.185. The Balaban J connectivity index is 1.44. The second kappa shape index (κ2) is 7.97. The number of amides is 1. The molecule has 0 saturated carbocycles. The summed E-state index contributed by atoms with van der Waals surface area (Å²) in [5, 5.41) is 10.5. The highest BCUT2D eigenvalue weighted by molar-refractivity contribution is 6.03. The van der Waals surface area contributed by atoms with Crippen molar-refractivity contribution < 1.29 is 18.6 Å². The van der Waals surface area contributed by atoms with Crippen LogP contribution in [-0.4, -0.2) is 28.3 Å². The van der Waals surface area contributed by atoms with Crippen LogP contribution in [0.25, 0.3) is 22.8 Å². The molecular formula is C21H18N4O4. The van der Waals surface area contributed by atoms with E-state index in [1.807, 2.05) is 31.2 Å². The summed E-state index contributed by atoms with van der Waals surface area (Å²) >= 11 is 0. The van der Waals surface area contributed by atoms with Crippen molar-refractivity contribution >= 4 is 11.6 Å². The minimum atomic E-state index is -0.368. The zero-order valence-electron chi connectivity index (χ0n) is 15.9. The maximum Gasteiger partial charge on any atom is 0.277 e. The van der Waals surface area contributed by atoms with Gasteiger partial charge < -0.3 is 19.1 Å². The number of benzene rings is 2. The fraction of sp³-hybridized carbons (Fsp3) is 0.143. The van der Waals surface area contributed by atoms with Gasteiger partial charge in [0.1, 0.15) is 5.75 Å². The summed E-state index contributed by atoms with van der Waals surface area (Å²) in [5.74, 6) is 1.96. The van der Waals surface area contributed by atoms with Crippen LogP contribution in [0.15, 0.2) is 63.6 Å². The largest absolute Gasteiger partial charge is 0.497 e. The van der Waals surface area contributed by atoms with Crippen LogP contribution in [0.5, 0.6) is 5.75 Å². The third-order valence-corrected chi connectivity index (χ3v) is 4.29. The molecule has 0 atom stereocenters. The fourth-order valence-corrected chi connectivity index (χ4v) is 2.68. The summed E-state index contributed by atoms with van der Waals surface area (Å²) in [7, 11) is 1.60. The summed E-state index contributed by atoms with van der Waals surface area (Å²) in [6.45, 7) is 1.96. The van der Waals surface area contributed by atoms with E-state index in [1.54, 1.807) is 37.4 Å². The molecule has 2 aromatic carbocycles. The minimum Gasteiger partial charge on any atom is -0.497 e. The molecule has 2 heterocycles. The van der Waals surface area contributed by atoms with E-state index in [1.165, 1.54) is 0 Å². The van der Waals surface area contributed by atoms with Crippen LogP contribution in [0.2, 0.25) is 0 Å². The van der Waals surface area contributed by atoms with E-state index in [0.29, 0.717) is 29.6 Å². The Kier molecular flexibility index (Phi) is 5.07. The summed E-state index contributed by atoms with van der Waals surface area (Å²) in [5.41, 5.74) is 2.37. The Bertz CT molecular complexity index is 1110. The van der Waals surface area contributed by atoms with Gasteiger partial charge in [0.25, 0.3) is 11.8 Å². The number of rotatable bonds is 6. The molecule has 0 aliphatic heterocycles. The number of carbonyl (C=O) groups is 1. The van der Waals surface area contributed by atoms with E-state index < -0.39 is 0 Å². The van der Waals surface area contributed by atoms with Gasteiger partial charge in [-0.1, -0.05) is 17.2 Å². The molecule has 4 aromatic rings. The van der Waals surface area contributed by atoms with Crippen molar-refractivity contribution in [2.75, 3.05) is 12.4 Å². The zero-order valence-corrected chi connectivity index (χ0v) is 15.9. The van der Waals surface area contributed by atoms with Gasteiger partial charge in [0.05, 0.1) is 7.11 Å². The lowest BCUT2D eigenvalue weighted by molar-refractivity contribution is 0.101. The first-order valence-electron chi connectivity index (χ1n) is 9.02. The number of hydrogen-bond acceptors (Lipinski definition) is 7. The summed E-state index contributed by atoms with van der Waals surface area (Å²) in [6, 6.07) is 16.0. The van der Waals surface area contributed by atoms with Gasteiger partial charge in [0.15, 0.2) is 17.3 Å². The Morgan fingerprint density at radius 1 is 1.00 bits per heavy atom. The number of nitrogens with one attached hydrogen (secondary N) is 1. The summed E-state index contributed by atoms with van der Waals surface area (Å²) in [6.07, 6.45) is 0.702. The lowest BCUT2D eigenvalue weighted by Gasteiger charge is -2.03. The van der Waals surface area contributed by atoms with Gasteiger partial charge >= 0.3 is 0 Å². The number of ether oxygens (including phenoxy) is 1. The predicted octanol–water partition coefficient (Wildman–Crippen LogP) is 4.21. The first-order chi connectivity index (χ1) is 14.2. The number of aromatic nitrogens is 3. The SMILES string of the molecule is CCc1noc(-c2ccc(NC(=O)c3cc(-c4ccc(OC)cc4)on3)cc2)n1. The molecule has 8 nitrogen and oxygen atoms in total. The molecular weight excluding hydrogens is 372 g/mol. The van der Waals surface area contributed by atoms with E-state index in [0.717, 1.165) is 16.9 Å². The van der Waals surface area contributed by atoms with E-state index >= 15 is 0 Å². The van der Waals surface area contributed by atoms with E-state index in [9.17, 15) is 4.79 Å². The molecule has 0 saturated heterocycles. The van der Waals surface area contributed by atoms with Gasteiger partial charge in [-0.3, -0.25) is 4.79 Å². The third-order valence-electron chi connectivity index (χ3n) is 4.29. The van der Waals surface area contributed by atoms with Gasteiger partial charge in [0.2, 0.25) is 0 Å². The molecule has 0 aliphatic rings. The molecule has 0 bridgehead atoms. The van der Waals surface area contributed by atoms with Crippen LogP contribution in [0.3, 0.4) is 0 Å². The highest BCUT2D eigenvalue weighted by atomic mass is 16.5. The number of nitrogens with zero attached hydrogens (tertiary/aromatic N) is 3. The summed E-state index contributed by atoms with van der Waals surface area (Å²) < 4.78 is 15.6. The number of hydrogen-bond donors (Lipinski definition) is 1. The lowest BCUT2D eigenvalue weighted by atomic mass is 10.1. The molecule has 2 aromatic heterocycles. The second-order valence-corrected chi connectivity index (χ2v) is 6.21. The number of methoxy groups -OCH3 is 1. The quantitative estimate of drug-likeness (QED) is 0.526. The Morgan fingerprint density at radius 2 is 1.72 bits per heavy atom. The van der Waals surface area contributed by atoms with Crippen molar-refractivity contribution in [1.29, 1.82) is 0 Å². The fourth-order valence-electron chi connectivity index (χ4n) is 2.68. The van der Waals surface area contributed by atoms with Crippen LogP contribution >= 0.6 is 0 Å². The molecule has 4 rings (SSSR count). The van der Waals surface area contributed by atoms with Crippen LogP contribution in [0, 0.1) is 0 Å². The molecule has 146 valence electrons. The predicted molar refractivity (Wildman–Crippen MR) is 106 cm³/mol. The molecule has 1 N–H and O–H groups in total. The highest BCUT2D eigenvalue weighted by Gasteiger charge is 2.15. The van der Waals surface area contributed by atoms with Crippen molar-refractivity contribution in [3.63, 3.8) is 0 Å². The molecule has 1 amide bonds. The monoisotopic (exact) mass is 390 g/mol. The highest BCUT2D eigenvalue weighted by Crippen LogP contribution is 2.24. The van der Waals surface area contributed by atoms with Crippen molar-refractivity contribution in [2.45, 2.75) is 13.3 Å². The van der Waals surface area contributed by atoms with Gasteiger partial charge in [-0.15, -0.1) is 0 Å². The number of anilines is 1. The smallest absolute Gasteiger partial charge is 0.277 e. The first kappa shape index (κ1) is 18.4. The Hall–Kier alpha value is -3.94. The topological polar surface area (TPSA) is 103 Å². The average Bonchev–Trinajstić information content (AvgIpc) is 3.44. The summed E-state index contributed by atoms with van der Waals surface area (Å²) in [4.78, 5) is 16.7. The normalized spacial score (nSPS) is 10.7. The van der Waals surface area contributed by atoms with Crippen molar-refractivity contribution in [1.82, 2.24) is 15.3 Å². The van der Waals surface area contributed by atoms with Crippen molar-refractivity contribution in [3.8, 4) is 28.5 Å². The van der Waals surface area contributed by atoms with Gasteiger partial charge in [0, 0.05) is 29.3 Å². The number of aryl methyl sites for hydroxylation is 1. The molecule has 0 unspecified atom stereocenters. The molecule has 0 fully saturated rings. The van der Waals surface area contributed by atoms with Gasteiger partial charge in [-0.2, -0.15) is 4.98 Å². The van der Waals surface area contributed by atoms with E-state index in [2.05, 4.69) is 20.6 Å². The van der Waals surface area contributed by atoms with Gasteiger partial charge in [-0.05, 0) is 48.5 Å². The average molecular weight is 390 g/mol. The van der Waals surface area contributed by atoms with Crippen LogP contribution < -0.4 is 10.1 Å². The lowest BCUT2D eigenvalue weighted by Crippen LogP contribution is -2.11. The molecule has 0 radical (unpaired) electrons. The van der Waals surface area contributed by atoms with E-state index in [-0.39, 0.29) is 11.6 Å². The maximum atomic E-state index is 12.5. The van der Waals surface area contributed by atoms with Crippen LogP contribution in [0.1, 0.15) is 23.2 Å². The maximum absolute atomic E-state index is 12.5. The van der Waals surface area contributed by atoms with Crippen molar-refractivity contribution in [3.05, 3.63) is 66.1 Å². The van der Waals surface area contributed by atoms with Crippen LogP contribution in [-0.2, 0) is 6.42 Å². The second-order valence-electron chi connectivity index (χ2n) is 6.21. The Morgan fingerprint density at radius 3 is 2.38 bits per heavy atom. The Labute approximate surface area is 166 Å². The first-order valence-corrected chi connectivity index (χ1v) is 9.02. The molecule has 8 heteroatoms. The molecule has 0 spiro atoms. The third kappa shape index (κ3) is 4.01. The molecule has 0 aliphatic carbocycles. The number of carbonyl (C=O) groups excluding carboxylic acids is 1. The standard InChI is InChI=1S/C21H18N4O4/c1-3-19-23-21(29-25-19)14-4-8-15(9-5-14)22-20(26)17-12-18(28-24-17)13-6-10-16(27-2)11-7-13/h4-12H,3H2,1-2H3,(H,22,26). The zero-order chi connectivity index (χ0) is 20.2. The van der Waals surface area contributed by atoms with Crippen molar-refractivity contribution in [2.24, 2.45) is 0 Å². The van der Waals surface area contributed by atoms with E-state index in [4.69, 9.17) is 13.8 Å².